The smallest absolute Gasteiger partial charge is 0.307 e. The van der Waals surface area contributed by atoms with Crippen molar-refractivity contribution in [2.24, 2.45) is 0 Å². The largest absolute Gasteiger partial charge is 0.595 e. The van der Waals surface area contributed by atoms with E-state index in [4.69, 9.17) is 10.3 Å². The molecule has 0 bridgehead atoms. The van der Waals surface area contributed by atoms with Gasteiger partial charge in [0.15, 0.2) is 5.69 Å². The van der Waals surface area contributed by atoms with E-state index in [1.165, 1.54) is 6.07 Å². The minimum absolute atomic E-state index is 0.162. The Bertz CT molecular complexity index is 421. The molecule has 0 aliphatic rings. The van der Waals surface area contributed by atoms with Crippen LogP contribution >= 0.6 is 0 Å². The lowest BCUT2D eigenvalue weighted by atomic mass is 9.85. The second kappa shape index (κ2) is 4.83. The predicted octanol–water partition coefficient (Wildman–Crippen LogP) is 1.01. The van der Waals surface area contributed by atoms with Gasteiger partial charge in [0, 0.05) is 11.6 Å². The number of rotatable bonds is 3. The van der Waals surface area contributed by atoms with Gasteiger partial charge in [-0.15, -0.1) is 0 Å². The minimum Gasteiger partial charge on any atom is -0.595 e. The van der Waals surface area contributed by atoms with Gasteiger partial charge in [0.25, 0.3) is 0 Å². The first kappa shape index (κ1) is 13.6. The molecule has 0 spiro atoms. The summed E-state index contributed by atoms with van der Waals surface area (Å²) in [7, 11) is 0. The summed E-state index contributed by atoms with van der Waals surface area (Å²) < 4.78 is 0. The Balaban J connectivity index is 3.22. The quantitative estimate of drug-likeness (QED) is 0.687. The number of hydrogen-bond donors (Lipinski definition) is 3. The average molecular weight is 239 g/mol. The molecule has 3 N–H and O–H groups in total. The highest BCUT2D eigenvalue weighted by Gasteiger charge is 2.22. The maximum absolute atomic E-state index is 11.2. The fraction of sp³-hybridized carbons (Fsp3) is 0.417. The Morgan fingerprint density at radius 3 is 2.41 bits per heavy atom. The third-order valence-corrected chi connectivity index (χ3v) is 2.48. The van der Waals surface area contributed by atoms with E-state index in [1.54, 1.807) is 12.1 Å². The average Bonchev–Trinajstić information content (AvgIpc) is 2.14. The molecule has 17 heavy (non-hydrogen) atoms. The van der Waals surface area contributed by atoms with Crippen molar-refractivity contribution >= 4 is 11.7 Å². The van der Waals surface area contributed by atoms with Crippen molar-refractivity contribution in [3.8, 4) is 0 Å². The molecule has 0 heterocycles. The zero-order valence-electron chi connectivity index (χ0n) is 10.2. The fourth-order valence-electron chi connectivity index (χ4n) is 1.71. The van der Waals surface area contributed by atoms with Crippen LogP contribution in [0.25, 0.3) is 0 Å². The number of quaternary nitrogens is 1. The van der Waals surface area contributed by atoms with Crippen LogP contribution in [-0.2, 0) is 16.6 Å². The van der Waals surface area contributed by atoms with Gasteiger partial charge in [0.05, 0.1) is 6.42 Å². The van der Waals surface area contributed by atoms with Gasteiger partial charge >= 0.3 is 5.97 Å². The summed E-state index contributed by atoms with van der Waals surface area (Å²) in [5, 5.41) is 28.0. The van der Waals surface area contributed by atoms with Crippen LogP contribution in [0.1, 0.15) is 31.9 Å². The minimum atomic E-state index is -1.03. The fourth-order valence-corrected chi connectivity index (χ4v) is 1.71. The van der Waals surface area contributed by atoms with Crippen LogP contribution in [0.3, 0.4) is 0 Å². The SMILES string of the molecule is CC(C)(C)c1ccc(CC(=O)O)cc1[NH+]([O-])O. The number of benzene rings is 1. The summed E-state index contributed by atoms with van der Waals surface area (Å²) in [6, 6.07) is 4.81. The van der Waals surface area contributed by atoms with E-state index in [-0.39, 0.29) is 17.5 Å². The maximum Gasteiger partial charge on any atom is 0.307 e. The molecule has 0 saturated carbocycles. The van der Waals surface area contributed by atoms with Crippen molar-refractivity contribution in [2.45, 2.75) is 32.6 Å². The van der Waals surface area contributed by atoms with Crippen LogP contribution < -0.4 is 5.23 Å². The summed E-state index contributed by atoms with van der Waals surface area (Å²) in [4.78, 5) is 10.6. The summed E-state index contributed by atoms with van der Waals surface area (Å²) >= 11 is 0. The molecular formula is C12H17NO4. The Hall–Kier alpha value is -1.43. The highest BCUT2D eigenvalue weighted by atomic mass is 16.8. The monoisotopic (exact) mass is 239 g/mol. The number of carbonyl (C=O) groups is 1. The van der Waals surface area contributed by atoms with Gasteiger partial charge in [0.1, 0.15) is 0 Å². The number of aliphatic carboxylic acids is 1. The van der Waals surface area contributed by atoms with Gasteiger partial charge in [-0.05, 0) is 11.0 Å². The van der Waals surface area contributed by atoms with Crippen LogP contribution in [0.2, 0.25) is 0 Å². The lowest BCUT2D eigenvalue weighted by Crippen LogP contribution is -2.99. The lowest BCUT2D eigenvalue weighted by Gasteiger charge is -2.24. The molecule has 0 aliphatic carbocycles. The maximum atomic E-state index is 11.2. The van der Waals surface area contributed by atoms with Crippen molar-refractivity contribution < 1.29 is 20.3 Å². The molecule has 5 heteroatoms. The van der Waals surface area contributed by atoms with Crippen LogP contribution in [0, 0.1) is 5.21 Å². The van der Waals surface area contributed by atoms with Crippen molar-refractivity contribution in [1.82, 2.24) is 0 Å². The zero-order chi connectivity index (χ0) is 13.2. The predicted molar refractivity (Wildman–Crippen MR) is 62.3 cm³/mol. The second-order valence-corrected chi connectivity index (χ2v) is 5.01. The summed E-state index contributed by atoms with van der Waals surface area (Å²) in [5.74, 6) is -0.968. The standard InChI is InChI=1S/C12H17NO4/c1-12(2,3)9-5-4-8(7-11(14)15)6-10(9)13(16)17/h4-6,13,16H,7H2,1-3H3,(H,14,15). The first-order valence-corrected chi connectivity index (χ1v) is 5.30. The van der Waals surface area contributed by atoms with Crippen molar-refractivity contribution in [1.29, 1.82) is 0 Å². The number of carboxylic acids is 1. The van der Waals surface area contributed by atoms with Gasteiger partial charge in [-0.2, -0.15) is 5.23 Å². The lowest BCUT2D eigenvalue weighted by molar-refractivity contribution is -0.991. The summed E-state index contributed by atoms with van der Waals surface area (Å²) in [6.45, 7) is 5.77. The molecule has 0 amide bonds. The van der Waals surface area contributed by atoms with Crippen molar-refractivity contribution in [3.63, 3.8) is 0 Å². The van der Waals surface area contributed by atoms with E-state index in [0.717, 1.165) is 0 Å². The first-order valence-electron chi connectivity index (χ1n) is 5.30. The van der Waals surface area contributed by atoms with Gasteiger partial charge < -0.3 is 10.3 Å². The highest BCUT2D eigenvalue weighted by Crippen LogP contribution is 2.28. The normalized spacial score (nSPS) is 13.5. The summed E-state index contributed by atoms with van der Waals surface area (Å²) in [6.07, 6.45) is -0.162. The Morgan fingerprint density at radius 2 is 2.00 bits per heavy atom. The number of carboxylic acid groups (broad SMARTS) is 1. The first-order chi connectivity index (χ1) is 7.71. The van der Waals surface area contributed by atoms with Gasteiger partial charge in [-0.1, -0.05) is 32.9 Å². The topological polar surface area (TPSA) is 85.0 Å². The molecule has 0 fully saturated rings. The molecule has 0 radical (unpaired) electrons. The van der Waals surface area contributed by atoms with E-state index in [2.05, 4.69) is 0 Å². The van der Waals surface area contributed by atoms with Crippen LogP contribution in [-0.4, -0.2) is 16.3 Å². The summed E-state index contributed by atoms with van der Waals surface area (Å²) in [5.41, 5.74) is 1.11. The van der Waals surface area contributed by atoms with E-state index in [9.17, 15) is 10.0 Å². The van der Waals surface area contributed by atoms with Crippen LogP contribution in [0.15, 0.2) is 18.2 Å². The van der Waals surface area contributed by atoms with Crippen molar-refractivity contribution in [3.05, 3.63) is 34.5 Å². The van der Waals surface area contributed by atoms with E-state index in [1.807, 2.05) is 20.8 Å². The molecule has 5 nitrogen and oxygen atoms in total. The van der Waals surface area contributed by atoms with Crippen LogP contribution in [0.5, 0.6) is 0 Å². The van der Waals surface area contributed by atoms with Gasteiger partial charge in [0.2, 0.25) is 0 Å². The molecule has 1 unspecified atom stereocenters. The van der Waals surface area contributed by atoms with Crippen LogP contribution in [0.4, 0.5) is 5.69 Å². The van der Waals surface area contributed by atoms with E-state index in [0.29, 0.717) is 11.1 Å². The van der Waals surface area contributed by atoms with E-state index >= 15 is 0 Å². The molecule has 0 saturated heterocycles. The highest BCUT2D eigenvalue weighted by molar-refractivity contribution is 5.70. The number of nitrogens with one attached hydrogen (secondary N) is 1. The molecular weight excluding hydrogens is 222 g/mol. The molecule has 94 valence electrons. The molecule has 1 rings (SSSR count). The third-order valence-electron chi connectivity index (χ3n) is 2.48. The Kier molecular flexibility index (Phi) is 3.87. The van der Waals surface area contributed by atoms with Gasteiger partial charge in [-0.3, -0.25) is 4.79 Å². The van der Waals surface area contributed by atoms with Crippen molar-refractivity contribution in [2.75, 3.05) is 0 Å². The second-order valence-electron chi connectivity index (χ2n) is 5.01. The third kappa shape index (κ3) is 3.52. The molecule has 1 aromatic rings. The zero-order valence-corrected chi connectivity index (χ0v) is 10.2. The van der Waals surface area contributed by atoms with E-state index < -0.39 is 11.2 Å². The molecule has 0 aromatic heterocycles. The Labute approximate surface area is 99.8 Å². The molecule has 1 atom stereocenters. The molecule has 1 aromatic carbocycles. The molecule has 0 aliphatic heterocycles. The Morgan fingerprint density at radius 1 is 1.41 bits per heavy atom. The number of hydrogen-bond acceptors (Lipinski definition) is 3. The van der Waals surface area contributed by atoms with Gasteiger partial charge in [-0.25, -0.2) is 5.21 Å².